The summed E-state index contributed by atoms with van der Waals surface area (Å²) in [5.74, 6) is -1.77. The summed E-state index contributed by atoms with van der Waals surface area (Å²) in [4.78, 5) is 27.7. The molecule has 2 amide bonds. The third kappa shape index (κ3) is 3.77. The van der Waals surface area contributed by atoms with E-state index in [2.05, 4.69) is 10.3 Å². The average molecular weight is 318 g/mol. The van der Waals surface area contributed by atoms with E-state index in [1.54, 1.807) is 17.8 Å². The first kappa shape index (κ1) is 16.3. The molecule has 6 nitrogen and oxygen atoms in total. The molecule has 0 bridgehead atoms. The van der Waals surface area contributed by atoms with Crippen LogP contribution >= 0.6 is 0 Å². The van der Waals surface area contributed by atoms with Crippen LogP contribution in [-0.4, -0.2) is 52.1 Å². The molecule has 0 aliphatic carbocycles. The van der Waals surface area contributed by atoms with Gasteiger partial charge in [-0.3, -0.25) is 9.59 Å². The number of imidazole rings is 1. The van der Waals surface area contributed by atoms with Crippen LogP contribution in [0.15, 0.2) is 12.4 Å². The van der Waals surface area contributed by atoms with Crippen LogP contribution in [0.1, 0.15) is 23.5 Å². The number of hydrogen-bond acceptors (Lipinski definition) is 3. The highest BCUT2D eigenvalue weighted by Gasteiger charge is 2.43. The van der Waals surface area contributed by atoms with Crippen molar-refractivity contribution >= 4 is 11.8 Å². The minimum Gasteiger partial charge on any atom is -0.349 e. The summed E-state index contributed by atoms with van der Waals surface area (Å²) in [5, 5.41) is 2.72. The number of carbonyl (C=O) groups excluding carboxylic acids is 2. The zero-order valence-corrected chi connectivity index (χ0v) is 12.1. The van der Waals surface area contributed by atoms with Crippen molar-refractivity contribution in [1.82, 2.24) is 19.8 Å². The predicted octanol–water partition coefficient (Wildman–Crippen LogP) is 0.951. The fourth-order valence-electron chi connectivity index (χ4n) is 2.42. The van der Waals surface area contributed by atoms with Gasteiger partial charge >= 0.3 is 12.1 Å². The van der Waals surface area contributed by atoms with Crippen molar-refractivity contribution in [2.75, 3.05) is 19.6 Å². The maximum Gasteiger partial charge on any atom is 0.471 e. The number of rotatable bonds is 3. The van der Waals surface area contributed by atoms with Crippen LogP contribution in [0.25, 0.3) is 0 Å². The third-order valence-corrected chi connectivity index (χ3v) is 3.72. The van der Waals surface area contributed by atoms with E-state index in [0.717, 1.165) is 4.90 Å². The number of aryl methyl sites for hydroxylation is 1. The van der Waals surface area contributed by atoms with E-state index in [4.69, 9.17) is 0 Å². The van der Waals surface area contributed by atoms with Crippen molar-refractivity contribution in [2.45, 2.75) is 19.0 Å². The first-order valence-corrected chi connectivity index (χ1v) is 6.90. The highest BCUT2D eigenvalue weighted by molar-refractivity contribution is 5.90. The normalized spacial score (nSPS) is 16.6. The van der Waals surface area contributed by atoms with Crippen molar-refractivity contribution in [1.29, 1.82) is 0 Å². The van der Waals surface area contributed by atoms with Gasteiger partial charge in [0, 0.05) is 39.1 Å². The minimum atomic E-state index is -4.82. The number of nitrogens with one attached hydrogen (secondary N) is 1. The van der Waals surface area contributed by atoms with E-state index in [1.807, 2.05) is 0 Å². The molecule has 0 unspecified atom stereocenters. The van der Waals surface area contributed by atoms with E-state index in [-0.39, 0.29) is 30.7 Å². The number of nitrogens with zero attached hydrogens (tertiary/aromatic N) is 3. The number of halogens is 3. The minimum absolute atomic E-state index is 0.0568. The van der Waals surface area contributed by atoms with Gasteiger partial charge in [0.05, 0.1) is 0 Å². The lowest BCUT2D eigenvalue weighted by Crippen LogP contribution is -2.46. The summed E-state index contributed by atoms with van der Waals surface area (Å²) in [6.07, 6.45) is -0.795. The topological polar surface area (TPSA) is 67.2 Å². The smallest absolute Gasteiger partial charge is 0.349 e. The number of alkyl halides is 3. The van der Waals surface area contributed by atoms with Crippen molar-refractivity contribution in [2.24, 2.45) is 13.0 Å². The second-order valence-electron chi connectivity index (χ2n) is 5.31. The van der Waals surface area contributed by atoms with Crippen molar-refractivity contribution in [3.63, 3.8) is 0 Å². The summed E-state index contributed by atoms with van der Waals surface area (Å²) in [7, 11) is 1.70. The molecular formula is C13H17F3N4O2. The van der Waals surface area contributed by atoms with Crippen molar-refractivity contribution in [3.05, 3.63) is 18.2 Å². The number of piperidine rings is 1. The van der Waals surface area contributed by atoms with Crippen molar-refractivity contribution in [3.8, 4) is 0 Å². The zero-order chi connectivity index (χ0) is 16.3. The van der Waals surface area contributed by atoms with Gasteiger partial charge in [0.25, 0.3) is 5.91 Å². The fourth-order valence-corrected chi connectivity index (χ4v) is 2.42. The second-order valence-corrected chi connectivity index (χ2v) is 5.31. The molecule has 2 rings (SSSR count). The number of likely N-dealkylation sites (tertiary alicyclic amines) is 1. The Morgan fingerprint density at radius 3 is 2.50 bits per heavy atom. The quantitative estimate of drug-likeness (QED) is 0.902. The van der Waals surface area contributed by atoms with E-state index in [1.165, 1.54) is 6.20 Å². The molecular weight excluding hydrogens is 301 g/mol. The lowest BCUT2D eigenvalue weighted by Gasteiger charge is -2.32. The molecule has 1 saturated heterocycles. The van der Waals surface area contributed by atoms with Crippen LogP contribution in [0, 0.1) is 5.92 Å². The van der Waals surface area contributed by atoms with E-state index in [9.17, 15) is 22.8 Å². The summed E-state index contributed by atoms with van der Waals surface area (Å²) >= 11 is 0. The Bertz CT molecular complexity index is 548. The molecule has 0 spiro atoms. The second kappa shape index (κ2) is 6.37. The molecule has 1 aromatic rings. The molecule has 2 heterocycles. The largest absolute Gasteiger partial charge is 0.471 e. The summed E-state index contributed by atoms with van der Waals surface area (Å²) < 4.78 is 38.5. The van der Waals surface area contributed by atoms with Gasteiger partial charge in [-0.15, -0.1) is 0 Å². The molecule has 1 fully saturated rings. The average Bonchev–Trinajstić information content (AvgIpc) is 2.90. The Kier molecular flexibility index (Phi) is 4.72. The Hall–Kier alpha value is -2.06. The molecule has 0 radical (unpaired) electrons. The Labute approximate surface area is 125 Å². The van der Waals surface area contributed by atoms with Crippen molar-refractivity contribution < 1.29 is 22.8 Å². The molecule has 1 aromatic heterocycles. The number of carbonyl (C=O) groups is 2. The van der Waals surface area contributed by atoms with Gasteiger partial charge in [0.15, 0.2) is 5.82 Å². The Balaban J connectivity index is 1.77. The molecule has 0 saturated carbocycles. The van der Waals surface area contributed by atoms with Crippen LogP contribution in [0.2, 0.25) is 0 Å². The Morgan fingerprint density at radius 1 is 1.36 bits per heavy atom. The van der Waals surface area contributed by atoms with Gasteiger partial charge in [-0.25, -0.2) is 4.98 Å². The van der Waals surface area contributed by atoms with E-state index >= 15 is 0 Å². The maximum atomic E-state index is 12.3. The lowest BCUT2D eigenvalue weighted by molar-refractivity contribution is -0.186. The summed E-state index contributed by atoms with van der Waals surface area (Å²) in [6.45, 7) is 0.475. The fraction of sp³-hybridized carbons (Fsp3) is 0.615. The van der Waals surface area contributed by atoms with Crippen LogP contribution in [0.5, 0.6) is 0 Å². The van der Waals surface area contributed by atoms with Gasteiger partial charge in [-0.05, 0) is 18.8 Å². The standard InChI is InChI=1S/C13H17F3N4O2/c1-19-7-4-17-10(19)11(21)18-8-9-2-5-20(6-3-9)12(22)13(14,15)16/h4,7,9H,2-3,5-6,8H2,1H3,(H,18,21). The number of aromatic nitrogens is 2. The predicted molar refractivity (Wildman–Crippen MR) is 70.9 cm³/mol. The SMILES string of the molecule is Cn1ccnc1C(=O)NCC1CCN(C(=O)C(F)(F)F)CC1. The molecule has 1 aliphatic heterocycles. The first-order chi connectivity index (χ1) is 10.3. The van der Waals surface area contributed by atoms with Gasteiger partial charge in [-0.2, -0.15) is 13.2 Å². The Morgan fingerprint density at radius 2 is 2.00 bits per heavy atom. The highest BCUT2D eigenvalue weighted by atomic mass is 19.4. The molecule has 9 heteroatoms. The summed E-state index contributed by atoms with van der Waals surface area (Å²) in [5.41, 5.74) is 0. The van der Waals surface area contributed by atoms with Crippen LogP contribution in [-0.2, 0) is 11.8 Å². The van der Waals surface area contributed by atoms with Crippen LogP contribution in [0.4, 0.5) is 13.2 Å². The van der Waals surface area contributed by atoms with Gasteiger partial charge in [-0.1, -0.05) is 0 Å². The number of amides is 2. The molecule has 1 aliphatic rings. The van der Waals surface area contributed by atoms with Crippen LogP contribution in [0.3, 0.4) is 0 Å². The van der Waals surface area contributed by atoms with Gasteiger partial charge in [0.1, 0.15) is 0 Å². The molecule has 122 valence electrons. The molecule has 0 aromatic carbocycles. The zero-order valence-electron chi connectivity index (χ0n) is 12.1. The highest BCUT2D eigenvalue weighted by Crippen LogP contribution is 2.23. The van der Waals surface area contributed by atoms with Gasteiger partial charge in [0.2, 0.25) is 0 Å². The lowest BCUT2D eigenvalue weighted by atomic mass is 9.96. The molecule has 1 N–H and O–H groups in total. The monoisotopic (exact) mass is 318 g/mol. The van der Waals surface area contributed by atoms with E-state index in [0.29, 0.717) is 19.4 Å². The number of hydrogen-bond donors (Lipinski definition) is 1. The first-order valence-electron chi connectivity index (χ1n) is 6.90. The molecule has 22 heavy (non-hydrogen) atoms. The maximum absolute atomic E-state index is 12.3. The molecule has 0 atom stereocenters. The van der Waals surface area contributed by atoms with Gasteiger partial charge < -0.3 is 14.8 Å². The third-order valence-electron chi connectivity index (χ3n) is 3.72. The summed E-state index contributed by atoms with van der Waals surface area (Å²) in [6, 6.07) is 0. The van der Waals surface area contributed by atoms with E-state index < -0.39 is 12.1 Å². The van der Waals surface area contributed by atoms with Crippen LogP contribution < -0.4 is 5.32 Å².